The van der Waals surface area contributed by atoms with Gasteiger partial charge in [-0.3, -0.25) is 14.5 Å². The first kappa shape index (κ1) is 34.4. The summed E-state index contributed by atoms with van der Waals surface area (Å²) in [5.41, 5.74) is 4.35. The van der Waals surface area contributed by atoms with Gasteiger partial charge in [0, 0.05) is 36.7 Å². The molecule has 0 aromatic heterocycles. The monoisotopic (exact) mass is 644 g/mol. The molecule has 47 heavy (non-hydrogen) atoms. The molecular formula is C39H49FN2O5. The summed E-state index contributed by atoms with van der Waals surface area (Å²) < 4.78 is 25.7. The van der Waals surface area contributed by atoms with Crippen molar-refractivity contribution in [2.24, 2.45) is 5.92 Å². The smallest absolute Gasteiger partial charge is 0.308 e. The van der Waals surface area contributed by atoms with Crippen LogP contribution in [0.3, 0.4) is 0 Å². The van der Waals surface area contributed by atoms with Crippen molar-refractivity contribution in [3.05, 3.63) is 88.7 Å². The molecule has 3 aromatic rings. The van der Waals surface area contributed by atoms with Crippen LogP contribution in [-0.2, 0) is 22.4 Å². The van der Waals surface area contributed by atoms with Gasteiger partial charge >= 0.3 is 5.97 Å². The summed E-state index contributed by atoms with van der Waals surface area (Å²) >= 11 is 0. The average molecular weight is 645 g/mol. The van der Waals surface area contributed by atoms with Gasteiger partial charge in [0.25, 0.3) is 0 Å². The first-order valence-electron chi connectivity index (χ1n) is 17.2. The van der Waals surface area contributed by atoms with Crippen molar-refractivity contribution in [2.45, 2.75) is 90.1 Å². The van der Waals surface area contributed by atoms with Crippen molar-refractivity contribution in [1.82, 2.24) is 4.90 Å². The first-order chi connectivity index (χ1) is 22.7. The van der Waals surface area contributed by atoms with Gasteiger partial charge in [0.15, 0.2) is 0 Å². The number of likely N-dealkylation sites (tertiary alicyclic amines) is 1. The Balaban J connectivity index is 1.47. The van der Waals surface area contributed by atoms with Crippen LogP contribution in [0, 0.1) is 18.7 Å². The predicted octanol–water partition coefficient (Wildman–Crippen LogP) is 7.57. The highest BCUT2D eigenvalue weighted by atomic mass is 19.1. The van der Waals surface area contributed by atoms with Gasteiger partial charge in [-0.25, -0.2) is 4.39 Å². The van der Waals surface area contributed by atoms with Gasteiger partial charge in [-0.15, -0.1) is 0 Å². The maximum absolute atomic E-state index is 14.5. The Hall–Kier alpha value is -3.91. The molecule has 3 atom stereocenters. The number of carbonyl (C=O) groups excluding carboxylic acids is 1. The van der Waals surface area contributed by atoms with E-state index in [4.69, 9.17) is 9.47 Å². The van der Waals surface area contributed by atoms with E-state index in [1.165, 1.54) is 6.07 Å². The average Bonchev–Trinajstić information content (AvgIpc) is 3.67. The molecule has 0 aliphatic carbocycles. The Morgan fingerprint density at radius 2 is 1.85 bits per heavy atom. The fourth-order valence-corrected chi connectivity index (χ4v) is 7.69. The summed E-state index contributed by atoms with van der Waals surface area (Å²) in [5, 5.41) is 10.7. The van der Waals surface area contributed by atoms with Gasteiger partial charge < -0.3 is 19.5 Å². The minimum absolute atomic E-state index is 0.0308. The number of carbonyl (C=O) groups is 2. The number of rotatable bonds is 15. The standard InChI is InChI=1S/C39H49FN2O5/c1-5-10-30(11-6-2)42(31-17-18-33(40)26(3)22-31)37(43)25-41-24-32(28-16-19-36-29(23-28)20-21-47-36)38(39(44)45)34(41)14-9-13-27-12-7-8-15-35(27)46-4/h7-8,12,15-19,22-23,30,32,34,38H,5-6,9-11,13-14,20-21,24-25H2,1-4H3,(H,44,45)/t32-,34+,38?/m1/s1. The maximum Gasteiger partial charge on any atom is 0.308 e. The SMILES string of the molecule is CCCC(CCC)N(C(=O)CN1C[C@H](c2ccc3c(c2)CCO3)C(C(=O)O)[C@@H]1CCCc1ccccc1OC)c1ccc(F)c(C)c1. The Kier molecular flexibility index (Phi) is 11.6. The number of halogens is 1. The van der Waals surface area contributed by atoms with Crippen molar-refractivity contribution >= 4 is 17.6 Å². The Morgan fingerprint density at radius 1 is 1.09 bits per heavy atom. The van der Waals surface area contributed by atoms with Gasteiger partial charge in [0.05, 0.1) is 26.2 Å². The number of amides is 1. The lowest BCUT2D eigenvalue weighted by atomic mass is 9.83. The van der Waals surface area contributed by atoms with Crippen molar-refractivity contribution in [3.63, 3.8) is 0 Å². The molecule has 252 valence electrons. The van der Waals surface area contributed by atoms with Gasteiger partial charge in [0.1, 0.15) is 17.3 Å². The molecule has 8 heteroatoms. The van der Waals surface area contributed by atoms with E-state index in [1.807, 2.05) is 41.3 Å². The van der Waals surface area contributed by atoms with Crippen molar-refractivity contribution < 1.29 is 28.6 Å². The van der Waals surface area contributed by atoms with Crippen LogP contribution in [0.15, 0.2) is 60.7 Å². The van der Waals surface area contributed by atoms with Crippen LogP contribution >= 0.6 is 0 Å². The molecule has 1 unspecified atom stereocenters. The van der Waals surface area contributed by atoms with Gasteiger partial charge in [0.2, 0.25) is 5.91 Å². The quantitative estimate of drug-likeness (QED) is 0.184. The number of carboxylic acid groups (broad SMARTS) is 1. The molecule has 0 spiro atoms. The molecular weight excluding hydrogens is 595 g/mol. The summed E-state index contributed by atoms with van der Waals surface area (Å²) in [6.07, 6.45) is 6.40. The van der Waals surface area contributed by atoms with Crippen LogP contribution in [0.5, 0.6) is 11.5 Å². The minimum atomic E-state index is -0.843. The van der Waals surface area contributed by atoms with Gasteiger partial charge in [-0.1, -0.05) is 57.0 Å². The summed E-state index contributed by atoms with van der Waals surface area (Å²) in [7, 11) is 1.66. The molecule has 5 rings (SSSR count). The van der Waals surface area contributed by atoms with Crippen molar-refractivity contribution in [1.29, 1.82) is 0 Å². The number of aliphatic carboxylic acids is 1. The van der Waals surface area contributed by atoms with Crippen LogP contribution in [0.2, 0.25) is 0 Å². The van der Waals surface area contributed by atoms with E-state index >= 15 is 0 Å². The molecule has 2 heterocycles. The molecule has 2 aliphatic rings. The highest BCUT2D eigenvalue weighted by molar-refractivity contribution is 5.95. The first-order valence-corrected chi connectivity index (χ1v) is 17.2. The van der Waals surface area contributed by atoms with Crippen molar-refractivity contribution in [3.8, 4) is 11.5 Å². The fraction of sp³-hybridized carbons (Fsp3) is 0.487. The number of carboxylic acids is 1. The fourth-order valence-electron chi connectivity index (χ4n) is 7.69. The third-order valence-electron chi connectivity index (χ3n) is 9.95. The number of hydrogen-bond acceptors (Lipinski definition) is 5. The number of anilines is 1. The number of fused-ring (bicyclic) bond motifs is 1. The predicted molar refractivity (Wildman–Crippen MR) is 183 cm³/mol. The molecule has 0 radical (unpaired) electrons. The zero-order chi connectivity index (χ0) is 33.5. The second-order valence-electron chi connectivity index (χ2n) is 13.1. The van der Waals surface area contributed by atoms with E-state index in [0.29, 0.717) is 30.8 Å². The second-order valence-corrected chi connectivity index (χ2v) is 13.1. The summed E-state index contributed by atoms with van der Waals surface area (Å²) in [5.74, 6) is -0.486. The highest BCUT2D eigenvalue weighted by Gasteiger charge is 2.47. The Morgan fingerprint density at radius 3 is 2.55 bits per heavy atom. The largest absolute Gasteiger partial charge is 0.496 e. The second kappa shape index (κ2) is 15.8. The molecule has 0 saturated carbocycles. The van der Waals surface area contributed by atoms with Gasteiger partial charge in [-0.05, 0) is 91.6 Å². The van der Waals surface area contributed by atoms with E-state index < -0.39 is 11.9 Å². The summed E-state index contributed by atoms with van der Waals surface area (Å²) in [6.45, 7) is 7.13. The van der Waals surface area contributed by atoms with E-state index in [9.17, 15) is 19.1 Å². The van der Waals surface area contributed by atoms with E-state index in [2.05, 4.69) is 24.8 Å². The normalized spacial score (nSPS) is 19.1. The molecule has 0 bridgehead atoms. The lowest BCUT2D eigenvalue weighted by Crippen LogP contribution is -2.48. The number of hydrogen-bond donors (Lipinski definition) is 1. The zero-order valence-electron chi connectivity index (χ0n) is 28.2. The summed E-state index contributed by atoms with van der Waals surface area (Å²) in [4.78, 5) is 31.6. The Labute approximate surface area is 278 Å². The number of nitrogens with zero attached hydrogens (tertiary/aromatic N) is 2. The number of ether oxygens (including phenoxy) is 2. The molecule has 3 aromatic carbocycles. The Bertz CT molecular complexity index is 1540. The number of para-hydroxylation sites is 1. The molecule has 1 amide bonds. The molecule has 1 saturated heterocycles. The molecule has 1 N–H and O–H groups in total. The molecule has 1 fully saturated rings. The minimum Gasteiger partial charge on any atom is -0.496 e. The van der Waals surface area contributed by atoms with Crippen LogP contribution in [0.25, 0.3) is 0 Å². The third-order valence-corrected chi connectivity index (χ3v) is 9.95. The van der Waals surface area contributed by atoms with Crippen molar-refractivity contribution in [2.75, 3.05) is 31.7 Å². The van der Waals surface area contributed by atoms with E-state index in [1.54, 1.807) is 26.2 Å². The maximum atomic E-state index is 14.5. The van der Waals surface area contributed by atoms with Crippen LogP contribution in [0.4, 0.5) is 10.1 Å². The number of aryl methyl sites for hydroxylation is 2. The topological polar surface area (TPSA) is 79.3 Å². The summed E-state index contributed by atoms with van der Waals surface area (Å²) in [6, 6.07) is 18.5. The van der Waals surface area contributed by atoms with Gasteiger partial charge in [-0.2, -0.15) is 0 Å². The highest BCUT2D eigenvalue weighted by Crippen LogP contribution is 2.42. The van der Waals surface area contributed by atoms with Crippen LogP contribution in [0.1, 0.15) is 80.5 Å². The van der Waals surface area contributed by atoms with E-state index in [0.717, 1.165) is 73.1 Å². The number of methoxy groups -OCH3 is 1. The third kappa shape index (κ3) is 7.81. The number of benzene rings is 3. The molecule has 7 nitrogen and oxygen atoms in total. The molecule has 2 aliphatic heterocycles. The van der Waals surface area contributed by atoms with E-state index in [-0.39, 0.29) is 36.3 Å². The lowest BCUT2D eigenvalue weighted by Gasteiger charge is -2.35. The lowest BCUT2D eigenvalue weighted by molar-refractivity contribution is -0.143. The van der Waals surface area contributed by atoms with Crippen LogP contribution < -0.4 is 14.4 Å². The zero-order valence-corrected chi connectivity index (χ0v) is 28.2. The van der Waals surface area contributed by atoms with Crippen LogP contribution in [-0.4, -0.2) is 60.8 Å².